The van der Waals surface area contributed by atoms with E-state index in [0.717, 1.165) is 32.9 Å². The normalized spacial score (nSPS) is 12.9. The molecule has 2 amide bonds. The number of nitrogens with one attached hydrogen (secondary N) is 1. The van der Waals surface area contributed by atoms with Crippen molar-refractivity contribution in [2.45, 2.75) is 39.3 Å². The molecule has 0 bridgehead atoms. The van der Waals surface area contributed by atoms with E-state index in [1.165, 1.54) is 6.20 Å². The van der Waals surface area contributed by atoms with E-state index in [1.807, 2.05) is 42.5 Å². The number of hydrogen-bond acceptors (Lipinski definition) is 7. The highest BCUT2D eigenvalue weighted by Gasteiger charge is 2.28. The first kappa shape index (κ1) is 24.5. The molecule has 0 radical (unpaired) electrons. The number of pyridine rings is 1. The summed E-state index contributed by atoms with van der Waals surface area (Å²) in [6, 6.07) is 15.2. The molecule has 0 aliphatic carbocycles. The van der Waals surface area contributed by atoms with Crippen molar-refractivity contribution in [3.8, 4) is 11.5 Å². The Kier molecular flexibility index (Phi) is 7.51. The van der Waals surface area contributed by atoms with Crippen LogP contribution in [0.4, 0.5) is 4.79 Å². The molecular weight excluding hydrogens is 446 g/mol. The van der Waals surface area contributed by atoms with Gasteiger partial charge in [0.2, 0.25) is 0 Å². The van der Waals surface area contributed by atoms with Gasteiger partial charge >= 0.3 is 6.09 Å². The van der Waals surface area contributed by atoms with Crippen LogP contribution in [0.2, 0.25) is 0 Å². The maximum atomic E-state index is 13.3. The molecule has 8 nitrogen and oxygen atoms in total. The third kappa shape index (κ3) is 6.48. The quantitative estimate of drug-likeness (QED) is 0.499. The molecule has 184 valence electrons. The largest absolute Gasteiger partial charge is 0.486 e. The Balaban J connectivity index is 1.38. The number of fused-ring (bicyclic) bond motifs is 2. The van der Waals surface area contributed by atoms with Crippen LogP contribution in [-0.2, 0) is 11.3 Å². The van der Waals surface area contributed by atoms with Gasteiger partial charge in [0.1, 0.15) is 18.8 Å². The smallest absolute Gasteiger partial charge is 0.417 e. The Bertz CT molecular complexity index is 1200. The Morgan fingerprint density at radius 1 is 1.06 bits per heavy atom. The fraction of sp³-hybridized carbons (Fsp3) is 0.370. The molecule has 8 heteroatoms. The average Bonchev–Trinajstić information content (AvgIpc) is 2.84. The number of aromatic nitrogens is 1. The number of hydrogen-bond donors (Lipinski definition) is 1. The maximum absolute atomic E-state index is 13.3. The minimum Gasteiger partial charge on any atom is -0.486 e. The lowest BCUT2D eigenvalue weighted by molar-refractivity contribution is 0.0239. The van der Waals surface area contributed by atoms with Gasteiger partial charge in [0.05, 0.1) is 11.1 Å². The van der Waals surface area contributed by atoms with Crippen LogP contribution in [0.15, 0.2) is 54.7 Å². The van der Waals surface area contributed by atoms with E-state index in [0.29, 0.717) is 38.3 Å². The zero-order valence-electron chi connectivity index (χ0n) is 20.4. The summed E-state index contributed by atoms with van der Waals surface area (Å²) in [5.74, 6) is 1.08. The van der Waals surface area contributed by atoms with Gasteiger partial charge in [0.25, 0.3) is 5.91 Å². The van der Waals surface area contributed by atoms with E-state index in [9.17, 15) is 9.59 Å². The van der Waals surface area contributed by atoms with Crippen LogP contribution in [0.3, 0.4) is 0 Å². The summed E-state index contributed by atoms with van der Waals surface area (Å²) in [5.41, 5.74) is 1.49. The molecule has 0 atom stereocenters. The van der Waals surface area contributed by atoms with Crippen molar-refractivity contribution < 1.29 is 23.8 Å². The van der Waals surface area contributed by atoms with Gasteiger partial charge in [-0.25, -0.2) is 9.69 Å². The summed E-state index contributed by atoms with van der Waals surface area (Å²) in [6.07, 6.45) is 1.40. The lowest BCUT2D eigenvalue weighted by atomic mass is 10.1. The van der Waals surface area contributed by atoms with Crippen LogP contribution in [-0.4, -0.2) is 53.8 Å². The Hall–Kier alpha value is -3.65. The number of ether oxygens (including phenoxy) is 3. The Labute approximate surface area is 205 Å². The number of imide groups is 1. The number of nitrogens with zero attached hydrogens (tertiary/aromatic N) is 2. The molecule has 0 saturated heterocycles. The second kappa shape index (κ2) is 10.7. The highest BCUT2D eigenvalue weighted by Crippen LogP contribution is 2.30. The zero-order valence-corrected chi connectivity index (χ0v) is 20.4. The summed E-state index contributed by atoms with van der Waals surface area (Å²) in [6.45, 7) is 7.90. The van der Waals surface area contributed by atoms with Gasteiger partial charge < -0.3 is 19.5 Å². The van der Waals surface area contributed by atoms with Crippen molar-refractivity contribution in [3.05, 3.63) is 65.9 Å². The van der Waals surface area contributed by atoms with E-state index < -0.39 is 17.6 Å². The summed E-state index contributed by atoms with van der Waals surface area (Å²) in [5, 5.41) is 4.19. The number of para-hydroxylation sites is 1. The fourth-order valence-corrected chi connectivity index (χ4v) is 3.73. The van der Waals surface area contributed by atoms with Gasteiger partial charge in [0, 0.05) is 24.7 Å². The summed E-state index contributed by atoms with van der Waals surface area (Å²) >= 11 is 0. The standard InChI is InChI=1S/C27H31N3O5/c1-27(2,3)35-26(32)30(25(31)21-16-20-7-4-5-8-22(20)29-18-21)12-6-11-28-17-19-9-10-23-24(15-19)34-14-13-33-23/h4-5,7-10,15-16,18,28H,6,11-14,17H2,1-3H3. The molecule has 1 aromatic heterocycles. The first-order chi connectivity index (χ1) is 16.8. The van der Waals surface area contributed by atoms with Gasteiger partial charge in [-0.1, -0.05) is 24.3 Å². The zero-order chi connectivity index (χ0) is 24.8. The summed E-state index contributed by atoms with van der Waals surface area (Å²) < 4.78 is 16.7. The predicted molar refractivity (Wildman–Crippen MR) is 133 cm³/mol. The number of amides is 2. The molecule has 0 unspecified atom stereocenters. The first-order valence-corrected chi connectivity index (χ1v) is 11.8. The minimum absolute atomic E-state index is 0.217. The minimum atomic E-state index is -0.715. The maximum Gasteiger partial charge on any atom is 0.417 e. The van der Waals surface area contributed by atoms with Crippen molar-refractivity contribution in [3.63, 3.8) is 0 Å². The third-order valence-electron chi connectivity index (χ3n) is 5.37. The van der Waals surface area contributed by atoms with E-state index in [-0.39, 0.29) is 6.54 Å². The van der Waals surface area contributed by atoms with Crippen LogP contribution in [0.5, 0.6) is 11.5 Å². The molecule has 3 aromatic rings. The highest BCUT2D eigenvalue weighted by atomic mass is 16.6. The third-order valence-corrected chi connectivity index (χ3v) is 5.37. The molecule has 2 heterocycles. The lowest BCUT2D eigenvalue weighted by Gasteiger charge is -2.26. The van der Waals surface area contributed by atoms with E-state index in [4.69, 9.17) is 14.2 Å². The molecule has 2 aromatic carbocycles. The number of rotatable bonds is 7. The Morgan fingerprint density at radius 2 is 1.83 bits per heavy atom. The lowest BCUT2D eigenvalue weighted by Crippen LogP contribution is -2.42. The van der Waals surface area contributed by atoms with E-state index >= 15 is 0 Å². The SMILES string of the molecule is CC(C)(C)OC(=O)N(CCCNCc1ccc2c(c1)OCCO2)C(=O)c1cnc2ccccc2c1. The van der Waals surface area contributed by atoms with Crippen LogP contribution in [0.25, 0.3) is 10.9 Å². The second-order valence-electron chi connectivity index (χ2n) is 9.36. The van der Waals surface area contributed by atoms with Gasteiger partial charge in [-0.05, 0) is 63.6 Å². The second-order valence-corrected chi connectivity index (χ2v) is 9.36. The molecule has 4 rings (SSSR count). The molecule has 1 aliphatic rings. The van der Waals surface area contributed by atoms with Crippen molar-refractivity contribution >= 4 is 22.9 Å². The van der Waals surface area contributed by atoms with Gasteiger partial charge in [-0.15, -0.1) is 0 Å². The molecule has 0 saturated carbocycles. The number of benzene rings is 2. The van der Waals surface area contributed by atoms with Crippen molar-refractivity contribution in [1.29, 1.82) is 0 Å². The van der Waals surface area contributed by atoms with Crippen LogP contribution >= 0.6 is 0 Å². The monoisotopic (exact) mass is 477 g/mol. The highest BCUT2D eigenvalue weighted by molar-refractivity contribution is 6.04. The van der Waals surface area contributed by atoms with Gasteiger partial charge in [-0.2, -0.15) is 0 Å². The molecule has 35 heavy (non-hydrogen) atoms. The fourth-order valence-electron chi connectivity index (χ4n) is 3.73. The first-order valence-electron chi connectivity index (χ1n) is 11.8. The van der Waals surface area contributed by atoms with Crippen LogP contribution < -0.4 is 14.8 Å². The average molecular weight is 478 g/mol. The van der Waals surface area contributed by atoms with Crippen LogP contribution in [0.1, 0.15) is 43.1 Å². The van der Waals surface area contributed by atoms with Crippen LogP contribution in [0, 0.1) is 0 Å². The van der Waals surface area contributed by atoms with Gasteiger partial charge in [-0.3, -0.25) is 9.78 Å². The summed E-state index contributed by atoms with van der Waals surface area (Å²) in [7, 11) is 0. The molecular formula is C27H31N3O5. The Morgan fingerprint density at radius 3 is 2.63 bits per heavy atom. The van der Waals surface area contributed by atoms with E-state index in [1.54, 1.807) is 26.8 Å². The van der Waals surface area contributed by atoms with Crippen molar-refractivity contribution in [2.24, 2.45) is 0 Å². The molecule has 0 spiro atoms. The summed E-state index contributed by atoms with van der Waals surface area (Å²) in [4.78, 5) is 31.7. The topological polar surface area (TPSA) is 90.0 Å². The molecule has 1 N–H and O–H groups in total. The molecule has 0 fully saturated rings. The number of carbonyl (C=O) groups is 2. The van der Waals surface area contributed by atoms with E-state index in [2.05, 4.69) is 10.3 Å². The van der Waals surface area contributed by atoms with Crippen molar-refractivity contribution in [1.82, 2.24) is 15.2 Å². The van der Waals surface area contributed by atoms with Crippen molar-refractivity contribution in [2.75, 3.05) is 26.3 Å². The van der Waals surface area contributed by atoms with Gasteiger partial charge in [0.15, 0.2) is 11.5 Å². The molecule has 1 aliphatic heterocycles. The predicted octanol–water partition coefficient (Wildman–Crippen LogP) is 4.56. The number of carbonyl (C=O) groups excluding carboxylic acids is 2.